The Labute approximate surface area is 175 Å². The average molecular weight is 416 g/mol. The molecule has 0 aromatic carbocycles. The summed E-state index contributed by atoms with van der Waals surface area (Å²) in [6.07, 6.45) is 11.6. The smallest absolute Gasteiger partial charge is 0.230 e. The molecule has 1 saturated heterocycles. The normalized spacial score (nSPS) is 18.0. The van der Waals surface area contributed by atoms with Gasteiger partial charge in [0, 0.05) is 25.8 Å². The molecule has 1 amide bonds. The van der Waals surface area contributed by atoms with Crippen LogP contribution in [0.1, 0.15) is 63.0 Å². The van der Waals surface area contributed by atoms with Crippen molar-refractivity contribution in [2.45, 2.75) is 69.1 Å². The molecule has 8 nitrogen and oxygen atoms in total. The molecule has 0 spiro atoms. The Morgan fingerprint density at radius 1 is 1.10 bits per heavy atom. The highest BCUT2D eigenvalue weighted by Gasteiger charge is 2.22. The number of aromatic nitrogens is 5. The maximum absolute atomic E-state index is 12.3. The minimum absolute atomic E-state index is 0.0208. The fraction of sp³-hybridized carbons (Fsp3) is 0.650. The van der Waals surface area contributed by atoms with Crippen LogP contribution in [0, 0.1) is 0 Å². The van der Waals surface area contributed by atoms with Crippen molar-refractivity contribution in [1.29, 1.82) is 0 Å². The predicted molar refractivity (Wildman–Crippen MR) is 113 cm³/mol. The summed E-state index contributed by atoms with van der Waals surface area (Å²) < 4.78 is 1.89. The molecule has 0 unspecified atom stereocenters. The number of hydrogen-bond donors (Lipinski definition) is 1. The topological polar surface area (TPSA) is 88.8 Å². The molecule has 156 valence electrons. The SMILES string of the molecule is O=C(CSc1nnnn1C1CCCC1)NCc1ccc(N2CCCCCC2)nc1. The van der Waals surface area contributed by atoms with Crippen LogP contribution in [0.2, 0.25) is 0 Å². The lowest BCUT2D eigenvalue weighted by molar-refractivity contribution is -0.118. The van der Waals surface area contributed by atoms with Crippen molar-refractivity contribution in [3.05, 3.63) is 23.9 Å². The summed E-state index contributed by atoms with van der Waals surface area (Å²) in [5.41, 5.74) is 1.01. The first kappa shape index (κ1) is 20.1. The molecule has 2 aromatic heterocycles. The van der Waals surface area contributed by atoms with Crippen LogP contribution in [0.4, 0.5) is 5.82 Å². The van der Waals surface area contributed by atoms with Crippen molar-refractivity contribution in [2.24, 2.45) is 0 Å². The van der Waals surface area contributed by atoms with Gasteiger partial charge in [-0.15, -0.1) is 5.10 Å². The van der Waals surface area contributed by atoms with E-state index in [4.69, 9.17) is 0 Å². The number of thioether (sulfide) groups is 1. The van der Waals surface area contributed by atoms with Crippen LogP contribution < -0.4 is 10.2 Å². The van der Waals surface area contributed by atoms with E-state index in [-0.39, 0.29) is 5.91 Å². The van der Waals surface area contributed by atoms with Gasteiger partial charge in [-0.05, 0) is 47.7 Å². The molecule has 1 aliphatic heterocycles. The van der Waals surface area contributed by atoms with E-state index in [1.807, 2.05) is 10.9 Å². The second-order valence-electron chi connectivity index (χ2n) is 7.84. The number of carbonyl (C=O) groups excluding carboxylic acids is 1. The van der Waals surface area contributed by atoms with Gasteiger partial charge in [0.1, 0.15) is 5.82 Å². The third-order valence-electron chi connectivity index (χ3n) is 5.69. The van der Waals surface area contributed by atoms with E-state index in [0.717, 1.165) is 42.5 Å². The standard InChI is InChI=1S/C20H29N7OS/c28-19(15-29-20-23-24-25-27(20)17-7-3-4-8-17)22-14-16-9-10-18(21-13-16)26-11-5-1-2-6-12-26/h9-10,13,17H,1-8,11-12,14-15H2,(H,22,28). The van der Waals surface area contributed by atoms with Crippen LogP contribution in [0.25, 0.3) is 0 Å². The number of pyridine rings is 1. The largest absolute Gasteiger partial charge is 0.357 e. The summed E-state index contributed by atoms with van der Waals surface area (Å²) in [5.74, 6) is 1.33. The zero-order valence-electron chi connectivity index (χ0n) is 16.8. The van der Waals surface area contributed by atoms with E-state index in [0.29, 0.717) is 18.3 Å². The van der Waals surface area contributed by atoms with Crippen LogP contribution in [0.5, 0.6) is 0 Å². The minimum Gasteiger partial charge on any atom is -0.357 e. The first-order chi connectivity index (χ1) is 14.3. The monoisotopic (exact) mass is 415 g/mol. The maximum Gasteiger partial charge on any atom is 0.230 e. The van der Waals surface area contributed by atoms with Crippen molar-refractivity contribution in [2.75, 3.05) is 23.7 Å². The van der Waals surface area contributed by atoms with E-state index >= 15 is 0 Å². The molecule has 1 N–H and O–H groups in total. The van der Waals surface area contributed by atoms with Crippen molar-refractivity contribution in [3.63, 3.8) is 0 Å². The summed E-state index contributed by atoms with van der Waals surface area (Å²) in [5, 5.41) is 15.7. The van der Waals surface area contributed by atoms with Gasteiger partial charge in [0.2, 0.25) is 11.1 Å². The van der Waals surface area contributed by atoms with Crippen molar-refractivity contribution >= 4 is 23.5 Å². The van der Waals surface area contributed by atoms with Crippen LogP contribution in [0.15, 0.2) is 23.5 Å². The van der Waals surface area contributed by atoms with Crippen molar-refractivity contribution in [3.8, 4) is 0 Å². The number of amides is 1. The molecular weight excluding hydrogens is 386 g/mol. The Kier molecular flexibility index (Phi) is 6.97. The lowest BCUT2D eigenvalue weighted by Gasteiger charge is -2.21. The fourth-order valence-corrected chi connectivity index (χ4v) is 4.82. The third kappa shape index (κ3) is 5.46. The Morgan fingerprint density at radius 2 is 1.90 bits per heavy atom. The first-order valence-electron chi connectivity index (χ1n) is 10.7. The molecule has 1 saturated carbocycles. The molecule has 3 heterocycles. The van der Waals surface area contributed by atoms with Crippen molar-refractivity contribution < 1.29 is 4.79 Å². The third-order valence-corrected chi connectivity index (χ3v) is 6.63. The molecule has 4 rings (SSSR count). The van der Waals surface area contributed by atoms with Crippen LogP contribution in [-0.2, 0) is 11.3 Å². The summed E-state index contributed by atoms with van der Waals surface area (Å²) in [6.45, 7) is 2.65. The molecule has 2 fully saturated rings. The maximum atomic E-state index is 12.3. The quantitative estimate of drug-likeness (QED) is 0.696. The van der Waals surface area contributed by atoms with E-state index in [2.05, 4.69) is 42.9 Å². The summed E-state index contributed by atoms with van der Waals surface area (Å²) in [6, 6.07) is 4.50. The highest BCUT2D eigenvalue weighted by atomic mass is 32.2. The van der Waals surface area contributed by atoms with Gasteiger partial charge in [-0.1, -0.05) is 43.5 Å². The number of anilines is 1. The Balaban J connectivity index is 1.23. The predicted octanol–water partition coefficient (Wildman–Crippen LogP) is 2.97. The summed E-state index contributed by atoms with van der Waals surface area (Å²) in [7, 11) is 0. The van der Waals surface area contributed by atoms with Gasteiger partial charge in [0.25, 0.3) is 0 Å². The van der Waals surface area contributed by atoms with E-state index in [9.17, 15) is 4.79 Å². The number of nitrogens with zero attached hydrogens (tertiary/aromatic N) is 6. The lowest BCUT2D eigenvalue weighted by atomic mass is 10.2. The molecule has 0 bridgehead atoms. The van der Waals surface area contributed by atoms with Crippen LogP contribution in [0.3, 0.4) is 0 Å². The van der Waals surface area contributed by atoms with Gasteiger partial charge >= 0.3 is 0 Å². The fourth-order valence-electron chi connectivity index (χ4n) is 4.05. The number of nitrogens with one attached hydrogen (secondary N) is 1. The molecule has 1 aliphatic carbocycles. The number of hydrogen-bond acceptors (Lipinski definition) is 7. The van der Waals surface area contributed by atoms with E-state index in [1.165, 1.54) is 50.3 Å². The van der Waals surface area contributed by atoms with E-state index in [1.54, 1.807) is 0 Å². The number of rotatable bonds is 7. The lowest BCUT2D eigenvalue weighted by Crippen LogP contribution is -2.26. The van der Waals surface area contributed by atoms with Crippen LogP contribution >= 0.6 is 11.8 Å². The van der Waals surface area contributed by atoms with Crippen molar-refractivity contribution in [1.82, 2.24) is 30.5 Å². The average Bonchev–Trinajstić information content (AvgIpc) is 3.37. The second kappa shape index (κ2) is 10.0. The number of tetrazole rings is 1. The second-order valence-corrected chi connectivity index (χ2v) is 8.78. The first-order valence-corrected chi connectivity index (χ1v) is 11.7. The zero-order valence-corrected chi connectivity index (χ0v) is 17.6. The van der Waals surface area contributed by atoms with Gasteiger partial charge < -0.3 is 10.2 Å². The summed E-state index contributed by atoms with van der Waals surface area (Å²) in [4.78, 5) is 19.2. The molecule has 2 aliphatic rings. The molecule has 2 aromatic rings. The molecular formula is C20H29N7OS. The Bertz CT molecular complexity index is 780. The van der Waals surface area contributed by atoms with Gasteiger partial charge in [-0.3, -0.25) is 4.79 Å². The molecule has 0 atom stereocenters. The highest BCUT2D eigenvalue weighted by Crippen LogP contribution is 2.31. The van der Waals surface area contributed by atoms with Gasteiger partial charge in [-0.25, -0.2) is 9.67 Å². The highest BCUT2D eigenvalue weighted by molar-refractivity contribution is 7.99. The Hall–Kier alpha value is -2.16. The van der Waals surface area contributed by atoms with Gasteiger partial charge in [0.05, 0.1) is 11.8 Å². The van der Waals surface area contributed by atoms with Gasteiger partial charge in [0.15, 0.2) is 0 Å². The van der Waals surface area contributed by atoms with E-state index < -0.39 is 0 Å². The van der Waals surface area contributed by atoms with Crippen LogP contribution in [-0.4, -0.2) is 49.9 Å². The summed E-state index contributed by atoms with van der Waals surface area (Å²) >= 11 is 1.40. The molecule has 0 radical (unpaired) electrons. The minimum atomic E-state index is -0.0208. The zero-order chi connectivity index (χ0) is 19.9. The molecule has 9 heteroatoms. The molecule has 29 heavy (non-hydrogen) atoms. The van der Waals surface area contributed by atoms with Gasteiger partial charge in [-0.2, -0.15) is 0 Å². The Morgan fingerprint density at radius 3 is 2.62 bits per heavy atom. The number of carbonyl (C=O) groups is 1.